The number of aromatic nitrogens is 1. The molecule has 2 amide bonds. The van der Waals surface area contributed by atoms with Crippen molar-refractivity contribution in [2.75, 3.05) is 5.32 Å². The summed E-state index contributed by atoms with van der Waals surface area (Å²) in [7, 11) is 0. The second kappa shape index (κ2) is 6.57. The van der Waals surface area contributed by atoms with Crippen LogP contribution in [0.4, 0.5) is 10.5 Å². The smallest absolute Gasteiger partial charge is 0.319 e. The molecule has 1 heterocycles. The number of nitrogens with one attached hydrogen (secondary N) is 3. The van der Waals surface area contributed by atoms with E-state index in [-0.39, 0.29) is 12.1 Å². The minimum absolute atomic E-state index is 0.148. The molecule has 4 nitrogen and oxygen atoms in total. The molecule has 3 N–H and O–H groups in total. The Morgan fingerprint density at radius 1 is 1.13 bits per heavy atom. The van der Waals surface area contributed by atoms with Gasteiger partial charge in [-0.2, -0.15) is 0 Å². The Labute approximate surface area is 135 Å². The van der Waals surface area contributed by atoms with Gasteiger partial charge < -0.3 is 15.6 Å². The van der Waals surface area contributed by atoms with E-state index in [4.69, 9.17) is 0 Å². The van der Waals surface area contributed by atoms with E-state index >= 15 is 0 Å². The lowest BCUT2D eigenvalue weighted by molar-refractivity contribution is 0.249. The monoisotopic (exact) mass is 307 g/mol. The molecule has 3 aromatic rings. The average Bonchev–Trinajstić information content (AvgIpc) is 2.99. The van der Waals surface area contributed by atoms with E-state index in [1.807, 2.05) is 56.3 Å². The number of H-pyrrole nitrogens is 1. The zero-order valence-corrected chi connectivity index (χ0v) is 13.4. The SMILES string of the molecule is CCC(C)NC(=O)Nc1ccccc1-c1cc2ccccc2[nH]1. The number of carbonyl (C=O) groups excluding carboxylic acids is 1. The fourth-order valence-electron chi connectivity index (χ4n) is 2.53. The largest absolute Gasteiger partial charge is 0.354 e. The second-order valence-electron chi connectivity index (χ2n) is 5.72. The average molecular weight is 307 g/mol. The van der Waals surface area contributed by atoms with Crippen LogP contribution in [0.2, 0.25) is 0 Å². The van der Waals surface area contributed by atoms with Gasteiger partial charge in [0, 0.05) is 28.2 Å². The predicted octanol–water partition coefficient (Wildman–Crippen LogP) is 4.75. The lowest BCUT2D eigenvalue weighted by atomic mass is 10.1. The molecule has 2 aromatic carbocycles. The molecule has 0 aliphatic rings. The van der Waals surface area contributed by atoms with Crippen LogP contribution in [0.5, 0.6) is 0 Å². The molecule has 0 saturated heterocycles. The maximum atomic E-state index is 12.1. The van der Waals surface area contributed by atoms with Crippen molar-refractivity contribution in [3.8, 4) is 11.3 Å². The first-order valence-electron chi connectivity index (χ1n) is 7.92. The van der Waals surface area contributed by atoms with Gasteiger partial charge in [0.25, 0.3) is 0 Å². The van der Waals surface area contributed by atoms with E-state index < -0.39 is 0 Å². The number of urea groups is 1. The molecule has 3 rings (SSSR count). The molecule has 0 aliphatic carbocycles. The van der Waals surface area contributed by atoms with Gasteiger partial charge in [0.05, 0.1) is 5.69 Å². The Balaban J connectivity index is 1.90. The molecule has 0 radical (unpaired) electrons. The Bertz CT molecular complexity index is 789. The van der Waals surface area contributed by atoms with Gasteiger partial charge in [-0.25, -0.2) is 4.79 Å². The van der Waals surface area contributed by atoms with Crippen molar-refractivity contribution in [1.29, 1.82) is 0 Å². The van der Waals surface area contributed by atoms with Gasteiger partial charge in [0.1, 0.15) is 0 Å². The zero-order chi connectivity index (χ0) is 16.2. The Morgan fingerprint density at radius 3 is 2.65 bits per heavy atom. The first kappa shape index (κ1) is 15.2. The van der Waals surface area contributed by atoms with Gasteiger partial charge in [0.2, 0.25) is 0 Å². The number of carbonyl (C=O) groups is 1. The zero-order valence-electron chi connectivity index (χ0n) is 13.4. The van der Waals surface area contributed by atoms with Crippen molar-refractivity contribution in [3.63, 3.8) is 0 Å². The van der Waals surface area contributed by atoms with Gasteiger partial charge in [-0.3, -0.25) is 0 Å². The first-order valence-corrected chi connectivity index (χ1v) is 7.92. The molecule has 0 fully saturated rings. The molecule has 0 saturated carbocycles. The van der Waals surface area contributed by atoms with Crippen LogP contribution in [0.25, 0.3) is 22.2 Å². The van der Waals surface area contributed by atoms with Gasteiger partial charge in [-0.1, -0.05) is 43.3 Å². The van der Waals surface area contributed by atoms with Crippen LogP contribution in [0.1, 0.15) is 20.3 Å². The highest BCUT2D eigenvalue weighted by Crippen LogP contribution is 2.29. The summed E-state index contributed by atoms with van der Waals surface area (Å²) in [6.45, 7) is 4.03. The lowest BCUT2D eigenvalue weighted by Gasteiger charge is -2.14. The van der Waals surface area contributed by atoms with Crippen LogP contribution in [-0.2, 0) is 0 Å². The van der Waals surface area contributed by atoms with E-state index in [1.165, 1.54) is 0 Å². The molecule has 0 aliphatic heterocycles. The summed E-state index contributed by atoms with van der Waals surface area (Å²) in [5.74, 6) is 0. The lowest BCUT2D eigenvalue weighted by Crippen LogP contribution is -2.35. The number of amides is 2. The van der Waals surface area contributed by atoms with E-state index in [2.05, 4.69) is 27.8 Å². The molecule has 118 valence electrons. The highest BCUT2D eigenvalue weighted by Gasteiger charge is 2.11. The number of fused-ring (bicyclic) bond motifs is 1. The number of hydrogen-bond donors (Lipinski definition) is 3. The third-order valence-corrected chi connectivity index (χ3v) is 3.99. The normalized spacial score (nSPS) is 12.1. The number of hydrogen-bond acceptors (Lipinski definition) is 1. The molecule has 4 heteroatoms. The summed E-state index contributed by atoms with van der Waals surface area (Å²) in [5, 5.41) is 7.03. The third-order valence-electron chi connectivity index (χ3n) is 3.99. The van der Waals surface area contributed by atoms with Crippen LogP contribution < -0.4 is 10.6 Å². The maximum Gasteiger partial charge on any atom is 0.319 e. The van der Waals surface area contributed by atoms with Crippen LogP contribution in [0.3, 0.4) is 0 Å². The fourth-order valence-corrected chi connectivity index (χ4v) is 2.53. The molecular weight excluding hydrogens is 286 g/mol. The van der Waals surface area contributed by atoms with Crippen molar-refractivity contribution >= 4 is 22.6 Å². The van der Waals surface area contributed by atoms with Crippen molar-refractivity contribution in [2.45, 2.75) is 26.3 Å². The summed E-state index contributed by atoms with van der Waals surface area (Å²) in [4.78, 5) is 15.5. The number of para-hydroxylation sites is 2. The summed E-state index contributed by atoms with van der Waals surface area (Å²) in [6.07, 6.45) is 0.900. The summed E-state index contributed by atoms with van der Waals surface area (Å²) < 4.78 is 0. The Morgan fingerprint density at radius 2 is 1.87 bits per heavy atom. The number of benzene rings is 2. The Hall–Kier alpha value is -2.75. The van der Waals surface area contributed by atoms with Crippen molar-refractivity contribution in [2.24, 2.45) is 0 Å². The predicted molar refractivity (Wildman–Crippen MR) is 95.6 cm³/mol. The highest BCUT2D eigenvalue weighted by molar-refractivity contribution is 5.96. The molecule has 1 atom stereocenters. The number of anilines is 1. The number of aromatic amines is 1. The molecule has 0 spiro atoms. The second-order valence-corrected chi connectivity index (χ2v) is 5.72. The Kier molecular flexibility index (Phi) is 4.33. The van der Waals surface area contributed by atoms with Gasteiger partial charge in [0.15, 0.2) is 0 Å². The molecule has 1 aromatic heterocycles. The van der Waals surface area contributed by atoms with Gasteiger partial charge in [-0.15, -0.1) is 0 Å². The molecular formula is C19H21N3O. The van der Waals surface area contributed by atoms with Crippen molar-refractivity contribution in [1.82, 2.24) is 10.3 Å². The molecule has 1 unspecified atom stereocenters. The van der Waals surface area contributed by atoms with Crippen molar-refractivity contribution in [3.05, 3.63) is 54.6 Å². The summed E-state index contributed by atoms with van der Waals surface area (Å²) in [5.41, 5.74) is 3.84. The van der Waals surface area contributed by atoms with E-state index in [1.54, 1.807) is 0 Å². The maximum absolute atomic E-state index is 12.1. The highest BCUT2D eigenvalue weighted by atomic mass is 16.2. The van der Waals surface area contributed by atoms with Crippen LogP contribution in [0, 0.1) is 0 Å². The topological polar surface area (TPSA) is 56.9 Å². The van der Waals surface area contributed by atoms with E-state index in [0.29, 0.717) is 0 Å². The fraction of sp³-hybridized carbons (Fsp3) is 0.211. The molecule has 23 heavy (non-hydrogen) atoms. The van der Waals surface area contributed by atoms with Crippen LogP contribution in [0.15, 0.2) is 54.6 Å². The quantitative estimate of drug-likeness (QED) is 0.640. The van der Waals surface area contributed by atoms with Crippen molar-refractivity contribution < 1.29 is 4.79 Å². The third kappa shape index (κ3) is 3.37. The van der Waals surface area contributed by atoms with Crippen LogP contribution in [-0.4, -0.2) is 17.1 Å². The van der Waals surface area contributed by atoms with Gasteiger partial charge >= 0.3 is 6.03 Å². The summed E-state index contributed by atoms with van der Waals surface area (Å²) >= 11 is 0. The standard InChI is InChI=1S/C19H21N3O/c1-3-13(2)20-19(23)22-17-11-7-5-9-15(17)18-12-14-8-4-6-10-16(14)21-18/h4-13,21H,3H2,1-2H3,(H2,20,22,23). The first-order chi connectivity index (χ1) is 11.2. The summed E-state index contributed by atoms with van der Waals surface area (Å²) in [6, 6.07) is 18.0. The van der Waals surface area contributed by atoms with E-state index in [0.717, 1.165) is 34.3 Å². The minimum Gasteiger partial charge on any atom is -0.354 e. The minimum atomic E-state index is -0.178. The number of rotatable bonds is 4. The molecule has 0 bridgehead atoms. The van der Waals surface area contributed by atoms with E-state index in [9.17, 15) is 4.79 Å². The van der Waals surface area contributed by atoms with Crippen LogP contribution >= 0.6 is 0 Å². The van der Waals surface area contributed by atoms with Gasteiger partial charge in [-0.05, 0) is 31.5 Å².